The summed E-state index contributed by atoms with van der Waals surface area (Å²) in [4.78, 5) is 17.1. The second kappa shape index (κ2) is 7.55. The van der Waals surface area contributed by atoms with E-state index >= 15 is 0 Å². The third-order valence-electron chi connectivity index (χ3n) is 3.58. The lowest BCUT2D eigenvalue weighted by Gasteiger charge is -2.29. The maximum Gasteiger partial charge on any atom is 0.304 e. The Kier molecular flexibility index (Phi) is 5.46. The van der Waals surface area contributed by atoms with Gasteiger partial charge in [0.05, 0.1) is 6.42 Å². The van der Waals surface area contributed by atoms with Gasteiger partial charge in [0.25, 0.3) is 0 Å². The Labute approximate surface area is 125 Å². The van der Waals surface area contributed by atoms with Gasteiger partial charge in [0.1, 0.15) is 0 Å². The molecule has 110 valence electrons. The number of benzene rings is 1. The first-order valence-electron chi connectivity index (χ1n) is 7.06. The van der Waals surface area contributed by atoms with Crippen molar-refractivity contribution in [3.63, 3.8) is 0 Å². The van der Waals surface area contributed by atoms with Gasteiger partial charge in [-0.15, -0.1) is 0 Å². The molecule has 1 heterocycles. The van der Waals surface area contributed by atoms with Crippen molar-refractivity contribution in [2.45, 2.75) is 25.9 Å². The number of rotatable bonds is 7. The van der Waals surface area contributed by atoms with E-state index in [1.54, 1.807) is 12.4 Å². The average Bonchev–Trinajstić information content (AvgIpc) is 2.52. The minimum atomic E-state index is -0.769. The summed E-state index contributed by atoms with van der Waals surface area (Å²) in [7, 11) is 0. The van der Waals surface area contributed by atoms with Crippen LogP contribution in [0.25, 0.3) is 0 Å². The molecule has 0 aliphatic carbocycles. The molecule has 2 rings (SSSR count). The molecule has 1 aromatic heterocycles. The SMILES string of the molecule is CC(c1ccccc1)N(CCC(=O)O)Cc1ccncc1. The summed E-state index contributed by atoms with van der Waals surface area (Å²) in [6, 6.07) is 14.2. The van der Waals surface area contributed by atoms with Crippen LogP contribution in [0.2, 0.25) is 0 Å². The molecule has 0 spiro atoms. The first-order chi connectivity index (χ1) is 10.2. The first-order valence-corrected chi connectivity index (χ1v) is 7.06. The molecule has 1 N–H and O–H groups in total. The number of carboxylic acid groups (broad SMARTS) is 1. The van der Waals surface area contributed by atoms with Crippen molar-refractivity contribution in [2.24, 2.45) is 0 Å². The predicted molar refractivity (Wildman–Crippen MR) is 81.8 cm³/mol. The highest BCUT2D eigenvalue weighted by atomic mass is 16.4. The molecule has 0 bridgehead atoms. The summed E-state index contributed by atoms with van der Waals surface area (Å²) in [5.74, 6) is -0.769. The number of aliphatic carboxylic acids is 1. The van der Waals surface area contributed by atoms with Gasteiger partial charge in [-0.3, -0.25) is 14.7 Å². The van der Waals surface area contributed by atoms with Gasteiger partial charge in [0.15, 0.2) is 0 Å². The van der Waals surface area contributed by atoms with Crippen LogP contribution in [0.15, 0.2) is 54.9 Å². The summed E-state index contributed by atoms with van der Waals surface area (Å²) in [5.41, 5.74) is 2.33. The standard InChI is InChI=1S/C17H20N2O2/c1-14(16-5-3-2-4-6-16)19(12-9-17(20)21)13-15-7-10-18-11-8-15/h2-8,10-11,14H,9,12-13H2,1H3,(H,20,21). The minimum Gasteiger partial charge on any atom is -0.481 e. The molecule has 0 saturated carbocycles. The van der Waals surface area contributed by atoms with Crippen molar-refractivity contribution in [1.29, 1.82) is 0 Å². The molecule has 0 aliphatic rings. The van der Waals surface area contributed by atoms with Gasteiger partial charge in [0.2, 0.25) is 0 Å². The van der Waals surface area contributed by atoms with E-state index in [2.05, 4.69) is 28.9 Å². The van der Waals surface area contributed by atoms with Gasteiger partial charge < -0.3 is 5.11 Å². The Morgan fingerprint density at radius 1 is 1.19 bits per heavy atom. The first kappa shape index (κ1) is 15.2. The summed E-state index contributed by atoms with van der Waals surface area (Å²) < 4.78 is 0. The molecule has 1 atom stereocenters. The van der Waals surface area contributed by atoms with Crippen LogP contribution in [0.5, 0.6) is 0 Å². The van der Waals surface area contributed by atoms with Crippen LogP contribution in [0.1, 0.15) is 30.5 Å². The topological polar surface area (TPSA) is 53.4 Å². The van der Waals surface area contributed by atoms with E-state index in [9.17, 15) is 4.79 Å². The highest BCUT2D eigenvalue weighted by molar-refractivity contribution is 5.66. The maximum absolute atomic E-state index is 10.9. The van der Waals surface area contributed by atoms with Crippen molar-refractivity contribution in [3.05, 3.63) is 66.0 Å². The van der Waals surface area contributed by atoms with Crippen molar-refractivity contribution in [3.8, 4) is 0 Å². The fourth-order valence-corrected chi connectivity index (χ4v) is 2.31. The van der Waals surface area contributed by atoms with E-state index in [0.29, 0.717) is 13.1 Å². The molecule has 0 radical (unpaired) electrons. The predicted octanol–water partition coefficient (Wildman–Crippen LogP) is 3.12. The van der Waals surface area contributed by atoms with Crippen molar-refractivity contribution < 1.29 is 9.90 Å². The van der Waals surface area contributed by atoms with Gasteiger partial charge in [-0.1, -0.05) is 30.3 Å². The third kappa shape index (κ3) is 4.68. The van der Waals surface area contributed by atoms with Crippen LogP contribution in [-0.2, 0) is 11.3 Å². The van der Waals surface area contributed by atoms with Crippen LogP contribution in [-0.4, -0.2) is 27.5 Å². The fourth-order valence-electron chi connectivity index (χ4n) is 2.31. The van der Waals surface area contributed by atoms with Crippen LogP contribution in [0.4, 0.5) is 0 Å². The average molecular weight is 284 g/mol. The van der Waals surface area contributed by atoms with Crippen LogP contribution in [0.3, 0.4) is 0 Å². The quantitative estimate of drug-likeness (QED) is 0.848. The smallest absolute Gasteiger partial charge is 0.304 e. The van der Waals surface area contributed by atoms with E-state index in [-0.39, 0.29) is 12.5 Å². The molecule has 2 aromatic rings. The lowest BCUT2D eigenvalue weighted by molar-refractivity contribution is -0.137. The molecule has 4 nitrogen and oxygen atoms in total. The van der Waals surface area contributed by atoms with Crippen molar-refractivity contribution >= 4 is 5.97 Å². The molecule has 0 fully saturated rings. The zero-order valence-corrected chi connectivity index (χ0v) is 12.1. The molecule has 21 heavy (non-hydrogen) atoms. The maximum atomic E-state index is 10.9. The summed E-state index contributed by atoms with van der Waals surface area (Å²) in [6.45, 7) is 3.35. The van der Waals surface area contributed by atoms with Crippen molar-refractivity contribution in [1.82, 2.24) is 9.88 Å². The van der Waals surface area contributed by atoms with Gasteiger partial charge in [0, 0.05) is 31.5 Å². The Bertz CT molecular complexity index is 558. The van der Waals surface area contributed by atoms with E-state index in [1.807, 2.05) is 30.3 Å². The van der Waals surface area contributed by atoms with Crippen molar-refractivity contribution in [2.75, 3.05) is 6.54 Å². The number of carboxylic acids is 1. The highest BCUT2D eigenvalue weighted by Crippen LogP contribution is 2.22. The number of aromatic nitrogens is 1. The fraction of sp³-hybridized carbons (Fsp3) is 0.294. The lowest BCUT2D eigenvalue weighted by atomic mass is 10.1. The third-order valence-corrected chi connectivity index (χ3v) is 3.58. The highest BCUT2D eigenvalue weighted by Gasteiger charge is 2.17. The van der Waals surface area contributed by atoms with E-state index < -0.39 is 5.97 Å². The molecule has 1 unspecified atom stereocenters. The van der Waals surface area contributed by atoms with Crippen LogP contribution < -0.4 is 0 Å². The number of hydrogen-bond acceptors (Lipinski definition) is 3. The Hall–Kier alpha value is -2.20. The van der Waals surface area contributed by atoms with Crippen LogP contribution in [0, 0.1) is 0 Å². The van der Waals surface area contributed by atoms with E-state index in [0.717, 1.165) is 5.56 Å². The number of nitrogens with zero attached hydrogens (tertiary/aromatic N) is 2. The second-order valence-corrected chi connectivity index (χ2v) is 5.06. The molecule has 1 aromatic carbocycles. The van der Waals surface area contributed by atoms with Gasteiger partial charge in [-0.25, -0.2) is 0 Å². The Morgan fingerprint density at radius 3 is 2.48 bits per heavy atom. The number of pyridine rings is 1. The molecular weight excluding hydrogens is 264 g/mol. The minimum absolute atomic E-state index is 0.141. The number of carbonyl (C=O) groups is 1. The lowest BCUT2D eigenvalue weighted by Crippen LogP contribution is -2.29. The molecule has 0 saturated heterocycles. The van der Waals surface area contributed by atoms with E-state index in [1.165, 1.54) is 5.56 Å². The molecule has 0 amide bonds. The normalized spacial score (nSPS) is 12.3. The largest absolute Gasteiger partial charge is 0.481 e. The molecular formula is C17H20N2O2. The summed E-state index contributed by atoms with van der Waals surface area (Å²) in [6.07, 6.45) is 3.66. The van der Waals surface area contributed by atoms with Crippen LogP contribution >= 0.6 is 0 Å². The summed E-state index contributed by atoms with van der Waals surface area (Å²) >= 11 is 0. The van der Waals surface area contributed by atoms with Gasteiger partial charge in [-0.2, -0.15) is 0 Å². The molecule has 4 heteroatoms. The summed E-state index contributed by atoms with van der Waals surface area (Å²) in [5, 5.41) is 8.94. The zero-order chi connectivity index (χ0) is 15.1. The monoisotopic (exact) mass is 284 g/mol. The second-order valence-electron chi connectivity index (χ2n) is 5.06. The van der Waals surface area contributed by atoms with Gasteiger partial charge in [-0.05, 0) is 30.2 Å². The Balaban J connectivity index is 2.13. The van der Waals surface area contributed by atoms with Gasteiger partial charge >= 0.3 is 5.97 Å². The molecule has 0 aliphatic heterocycles. The Morgan fingerprint density at radius 2 is 1.86 bits per heavy atom. The number of hydrogen-bond donors (Lipinski definition) is 1. The zero-order valence-electron chi connectivity index (χ0n) is 12.1. The van der Waals surface area contributed by atoms with E-state index in [4.69, 9.17) is 5.11 Å².